The van der Waals surface area contributed by atoms with Crippen molar-refractivity contribution in [3.8, 4) is 5.75 Å². The number of rotatable bonds is 5. The van der Waals surface area contributed by atoms with Gasteiger partial charge in [-0.15, -0.1) is 0 Å². The van der Waals surface area contributed by atoms with E-state index in [1.165, 1.54) is 10.9 Å². The van der Waals surface area contributed by atoms with Gasteiger partial charge in [0.05, 0.1) is 31.5 Å². The molecule has 0 bridgehead atoms. The summed E-state index contributed by atoms with van der Waals surface area (Å²) in [6.07, 6.45) is -3.71. The summed E-state index contributed by atoms with van der Waals surface area (Å²) in [6, 6.07) is 2.09. The highest BCUT2D eigenvalue weighted by atomic mass is 19.4. The van der Waals surface area contributed by atoms with Gasteiger partial charge in [-0.1, -0.05) is 0 Å². The zero-order chi connectivity index (χ0) is 19.8. The predicted octanol–water partition coefficient (Wildman–Crippen LogP) is 3.02. The van der Waals surface area contributed by atoms with E-state index >= 15 is 0 Å². The Hall–Kier alpha value is -2.78. The maximum Gasteiger partial charge on any atom is 0.416 e. The Morgan fingerprint density at radius 1 is 1.30 bits per heavy atom. The molecule has 2 heterocycles. The molecule has 1 aliphatic heterocycles. The first-order valence-electron chi connectivity index (χ1n) is 8.17. The van der Waals surface area contributed by atoms with E-state index in [4.69, 9.17) is 9.47 Å². The summed E-state index contributed by atoms with van der Waals surface area (Å²) in [4.78, 5) is 13.8. The van der Waals surface area contributed by atoms with Crippen LogP contribution in [0.5, 0.6) is 5.75 Å². The average molecular weight is 387 g/mol. The first-order chi connectivity index (χ1) is 12.7. The lowest BCUT2D eigenvalue weighted by Crippen LogP contribution is -2.55. The Morgan fingerprint density at radius 2 is 2.00 bits per heavy atom. The third kappa shape index (κ3) is 3.99. The number of ether oxygens (including phenoxy) is 2. The van der Waals surface area contributed by atoms with Crippen LogP contribution >= 0.6 is 0 Å². The number of hydrogen-bond donors (Lipinski definition) is 0. The second-order valence-corrected chi connectivity index (χ2v) is 6.04. The number of halogens is 4. The smallest absolute Gasteiger partial charge is 0.416 e. The second-order valence-electron chi connectivity index (χ2n) is 6.04. The van der Waals surface area contributed by atoms with Crippen LogP contribution in [0.1, 0.15) is 22.8 Å². The van der Waals surface area contributed by atoms with E-state index in [9.17, 15) is 22.4 Å². The van der Waals surface area contributed by atoms with Gasteiger partial charge in [-0.05, 0) is 19.1 Å². The minimum absolute atomic E-state index is 0.192. The molecule has 0 unspecified atom stereocenters. The van der Waals surface area contributed by atoms with E-state index in [1.54, 1.807) is 18.9 Å². The molecular weight excluding hydrogens is 370 g/mol. The quantitative estimate of drug-likeness (QED) is 0.583. The van der Waals surface area contributed by atoms with E-state index in [0.717, 1.165) is 12.1 Å². The minimum atomic E-state index is -4.66. The van der Waals surface area contributed by atoms with Crippen molar-refractivity contribution >= 4 is 11.8 Å². The van der Waals surface area contributed by atoms with Crippen molar-refractivity contribution < 1.29 is 31.8 Å². The molecule has 1 aliphatic rings. The molecule has 6 nitrogen and oxygen atoms in total. The number of carbonyl (C=O) groups excluding carboxylic acids is 1. The number of nitrogens with zero attached hydrogens (tertiary/aromatic N) is 3. The lowest BCUT2D eigenvalue weighted by Gasteiger charge is -2.40. The Morgan fingerprint density at radius 3 is 2.63 bits per heavy atom. The number of alkyl halides is 3. The molecule has 0 N–H and O–H groups in total. The highest BCUT2D eigenvalue weighted by molar-refractivity contribution is 5.95. The summed E-state index contributed by atoms with van der Waals surface area (Å²) in [5.74, 6) is -1.19. The molecule has 1 fully saturated rings. The highest BCUT2D eigenvalue weighted by Crippen LogP contribution is 2.33. The van der Waals surface area contributed by atoms with Gasteiger partial charge in [0.1, 0.15) is 29.1 Å². The van der Waals surface area contributed by atoms with Crippen LogP contribution in [0, 0.1) is 5.82 Å². The van der Waals surface area contributed by atoms with Crippen LogP contribution in [0.15, 0.2) is 24.4 Å². The Bertz CT molecular complexity index is 844. The third-order valence-corrected chi connectivity index (χ3v) is 4.05. The standard InChI is InChI=1S/C17H17F4N3O3/c1-3-26-16(25)14-7-22-23(2)15(14)24-8-13(9-24)27-12-5-10(17(19,20)21)4-11(18)6-12/h4-7,13H,3,8-9H2,1-2H3. The van der Waals surface area contributed by atoms with Crippen molar-refractivity contribution in [2.24, 2.45) is 7.05 Å². The average Bonchev–Trinajstić information content (AvgIpc) is 2.91. The van der Waals surface area contributed by atoms with Crippen LogP contribution in [-0.4, -0.2) is 41.6 Å². The van der Waals surface area contributed by atoms with Crippen LogP contribution in [0.4, 0.5) is 23.4 Å². The number of aromatic nitrogens is 2. The molecule has 2 aromatic rings. The van der Waals surface area contributed by atoms with Gasteiger partial charge in [-0.2, -0.15) is 18.3 Å². The number of aryl methyl sites for hydroxylation is 1. The van der Waals surface area contributed by atoms with Crippen LogP contribution in [0.25, 0.3) is 0 Å². The molecule has 3 rings (SSSR count). The maximum absolute atomic E-state index is 13.4. The van der Waals surface area contributed by atoms with Crippen molar-refractivity contribution in [1.29, 1.82) is 0 Å². The number of anilines is 1. The Kier molecular flexibility index (Phi) is 4.99. The van der Waals surface area contributed by atoms with Crippen molar-refractivity contribution in [1.82, 2.24) is 9.78 Å². The van der Waals surface area contributed by atoms with Crippen LogP contribution < -0.4 is 9.64 Å². The largest absolute Gasteiger partial charge is 0.487 e. The molecular formula is C17H17F4N3O3. The van der Waals surface area contributed by atoms with Gasteiger partial charge in [0, 0.05) is 13.1 Å². The van der Waals surface area contributed by atoms with Crippen molar-refractivity contribution in [3.05, 3.63) is 41.3 Å². The molecule has 0 amide bonds. The molecule has 1 aromatic carbocycles. The molecule has 1 aromatic heterocycles. The number of benzene rings is 1. The van der Waals surface area contributed by atoms with Gasteiger partial charge in [0.15, 0.2) is 0 Å². The van der Waals surface area contributed by atoms with E-state index in [1.807, 2.05) is 0 Å². The molecule has 27 heavy (non-hydrogen) atoms. The lowest BCUT2D eigenvalue weighted by atomic mass is 10.1. The summed E-state index contributed by atoms with van der Waals surface area (Å²) >= 11 is 0. The van der Waals surface area contributed by atoms with Crippen molar-refractivity contribution in [2.75, 3.05) is 24.6 Å². The molecule has 1 saturated heterocycles. The molecule has 0 aliphatic carbocycles. The van der Waals surface area contributed by atoms with Gasteiger partial charge < -0.3 is 14.4 Å². The maximum atomic E-state index is 13.4. The molecule has 0 saturated carbocycles. The summed E-state index contributed by atoms with van der Waals surface area (Å²) in [6.45, 7) is 2.53. The molecule has 10 heteroatoms. The summed E-state index contributed by atoms with van der Waals surface area (Å²) in [5.41, 5.74) is -0.812. The Balaban J connectivity index is 1.69. The number of hydrogen-bond acceptors (Lipinski definition) is 5. The zero-order valence-corrected chi connectivity index (χ0v) is 14.6. The van der Waals surface area contributed by atoms with E-state index in [2.05, 4.69) is 5.10 Å². The predicted molar refractivity (Wildman–Crippen MR) is 87.2 cm³/mol. The molecule has 0 atom stereocenters. The van der Waals surface area contributed by atoms with Gasteiger partial charge in [0.2, 0.25) is 0 Å². The third-order valence-electron chi connectivity index (χ3n) is 4.05. The van der Waals surface area contributed by atoms with Crippen LogP contribution in [0.2, 0.25) is 0 Å². The van der Waals surface area contributed by atoms with Gasteiger partial charge in [-0.25, -0.2) is 9.18 Å². The summed E-state index contributed by atoms with van der Waals surface area (Å²) in [5, 5.41) is 4.04. The fourth-order valence-corrected chi connectivity index (χ4v) is 2.83. The lowest BCUT2D eigenvalue weighted by molar-refractivity contribution is -0.137. The van der Waals surface area contributed by atoms with Gasteiger partial charge in [0.25, 0.3) is 0 Å². The topological polar surface area (TPSA) is 56.6 Å². The van der Waals surface area contributed by atoms with Crippen LogP contribution in [0.3, 0.4) is 0 Å². The monoisotopic (exact) mass is 387 g/mol. The summed E-state index contributed by atoms with van der Waals surface area (Å²) < 4.78 is 63.7. The fraction of sp³-hybridized carbons (Fsp3) is 0.412. The second kappa shape index (κ2) is 7.09. The SMILES string of the molecule is CCOC(=O)c1cnn(C)c1N1CC(Oc2cc(F)cc(C(F)(F)F)c2)C1. The summed E-state index contributed by atoms with van der Waals surface area (Å²) in [7, 11) is 1.66. The number of carbonyl (C=O) groups is 1. The van der Waals surface area contributed by atoms with Gasteiger partial charge >= 0.3 is 12.1 Å². The highest BCUT2D eigenvalue weighted by Gasteiger charge is 2.35. The van der Waals surface area contributed by atoms with Gasteiger partial charge in [-0.3, -0.25) is 4.68 Å². The van der Waals surface area contributed by atoms with E-state index in [0.29, 0.717) is 30.5 Å². The number of esters is 1. The molecule has 0 radical (unpaired) electrons. The van der Waals surface area contributed by atoms with E-state index in [-0.39, 0.29) is 12.4 Å². The molecule has 146 valence electrons. The van der Waals surface area contributed by atoms with Crippen LogP contribution in [-0.2, 0) is 18.0 Å². The Labute approximate surface area is 152 Å². The van der Waals surface area contributed by atoms with E-state index < -0.39 is 29.6 Å². The fourth-order valence-electron chi connectivity index (χ4n) is 2.83. The normalized spacial score (nSPS) is 14.8. The minimum Gasteiger partial charge on any atom is -0.487 e. The zero-order valence-electron chi connectivity index (χ0n) is 14.6. The first-order valence-corrected chi connectivity index (χ1v) is 8.17. The first kappa shape index (κ1) is 19.0. The molecule has 0 spiro atoms. The van der Waals surface area contributed by atoms with Crippen molar-refractivity contribution in [3.63, 3.8) is 0 Å². The van der Waals surface area contributed by atoms with Crippen molar-refractivity contribution in [2.45, 2.75) is 19.2 Å².